The first-order valence-corrected chi connectivity index (χ1v) is 7.04. The number of nitrogens with one attached hydrogen (secondary N) is 1. The normalized spacial score (nSPS) is 26.1. The van der Waals surface area contributed by atoms with Crippen LogP contribution in [0, 0.1) is 5.92 Å². The van der Waals surface area contributed by atoms with E-state index >= 15 is 0 Å². The van der Waals surface area contributed by atoms with E-state index in [4.69, 9.17) is 23.2 Å². The molecule has 2 rings (SSSR count). The lowest BCUT2D eigenvalue weighted by molar-refractivity contribution is 0.388. The number of benzene rings is 1. The van der Waals surface area contributed by atoms with Crippen molar-refractivity contribution in [3.8, 4) is 0 Å². The van der Waals surface area contributed by atoms with Gasteiger partial charge in [-0.15, -0.1) is 0 Å². The first-order valence-electron chi connectivity index (χ1n) is 6.29. The van der Waals surface area contributed by atoms with Crippen LogP contribution in [0.3, 0.4) is 0 Å². The molecule has 0 saturated heterocycles. The van der Waals surface area contributed by atoms with Gasteiger partial charge in [-0.05, 0) is 43.4 Å². The molecule has 3 atom stereocenters. The van der Waals surface area contributed by atoms with Crippen LogP contribution in [0.1, 0.15) is 44.7 Å². The van der Waals surface area contributed by atoms with E-state index in [2.05, 4.69) is 19.2 Å². The molecule has 1 N–H and O–H groups in total. The summed E-state index contributed by atoms with van der Waals surface area (Å²) in [5.41, 5.74) is 1.13. The molecule has 1 nitrogen and oxygen atoms in total. The van der Waals surface area contributed by atoms with Gasteiger partial charge in [0, 0.05) is 22.1 Å². The quantitative estimate of drug-likeness (QED) is 0.830. The third-order valence-corrected chi connectivity index (χ3v) is 4.32. The Morgan fingerprint density at radius 3 is 2.65 bits per heavy atom. The summed E-state index contributed by atoms with van der Waals surface area (Å²) in [7, 11) is 0. The molecule has 3 unspecified atom stereocenters. The van der Waals surface area contributed by atoms with Crippen LogP contribution < -0.4 is 5.32 Å². The van der Waals surface area contributed by atoms with Crippen molar-refractivity contribution in [3.63, 3.8) is 0 Å². The van der Waals surface area contributed by atoms with E-state index < -0.39 is 0 Å². The third kappa shape index (κ3) is 3.15. The molecular formula is C14H19Cl2N. The SMILES string of the molecule is CC(NC1CCCC1C)c1ccc(Cl)cc1Cl. The van der Waals surface area contributed by atoms with E-state index in [1.165, 1.54) is 19.3 Å². The maximum absolute atomic E-state index is 6.22. The molecule has 1 aliphatic carbocycles. The fraction of sp³-hybridized carbons (Fsp3) is 0.571. The van der Waals surface area contributed by atoms with Crippen molar-refractivity contribution in [1.82, 2.24) is 5.32 Å². The minimum Gasteiger partial charge on any atom is -0.307 e. The molecule has 3 heteroatoms. The van der Waals surface area contributed by atoms with Gasteiger partial charge in [0.2, 0.25) is 0 Å². The van der Waals surface area contributed by atoms with Crippen LogP contribution in [0.4, 0.5) is 0 Å². The Balaban J connectivity index is 2.06. The summed E-state index contributed by atoms with van der Waals surface area (Å²) in [5.74, 6) is 0.767. The Morgan fingerprint density at radius 2 is 2.06 bits per heavy atom. The highest BCUT2D eigenvalue weighted by molar-refractivity contribution is 6.35. The number of halogens is 2. The predicted molar refractivity (Wildman–Crippen MR) is 74.8 cm³/mol. The van der Waals surface area contributed by atoms with Gasteiger partial charge in [-0.3, -0.25) is 0 Å². The first-order chi connectivity index (χ1) is 8.08. The Kier molecular flexibility index (Phi) is 4.35. The number of hydrogen-bond acceptors (Lipinski definition) is 1. The minimum absolute atomic E-state index is 0.283. The van der Waals surface area contributed by atoms with E-state index in [9.17, 15) is 0 Å². The summed E-state index contributed by atoms with van der Waals surface area (Å²) in [4.78, 5) is 0. The van der Waals surface area contributed by atoms with Crippen LogP contribution >= 0.6 is 23.2 Å². The summed E-state index contributed by atoms with van der Waals surface area (Å²) in [5, 5.41) is 5.13. The monoisotopic (exact) mass is 271 g/mol. The van der Waals surface area contributed by atoms with Gasteiger partial charge in [-0.25, -0.2) is 0 Å². The lowest BCUT2D eigenvalue weighted by Crippen LogP contribution is -2.33. The van der Waals surface area contributed by atoms with Crippen LogP contribution in [0.2, 0.25) is 10.0 Å². The summed E-state index contributed by atoms with van der Waals surface area (Å²) in [6, 6.07) is 6.64. The number of rotatable bonds is 3. The van der Waals surface area contributed by atoms with Crippen LogP contribution in [0.5, 0.6) is 0 Å². The highest BCUT2D eigenvalue weighted by Gasteiger charge is 2.25. The predicted octanol–water partition coefficient (Wildman–Crippen LogP) is 4.83. The molecule has 94 valence electrons. The average Bonchev–Trinajstić information content (AvgIpc) is 2.64. The van der Waals surface area contributed by atoms with Crippen LogP contribution in [0.25, 0.3) is 0 Å². The fourth-order valence-corrected chi connectivity index (χ4v) is 3.23. The second-order valence-corrected chi connectivity index (χ2v) is 5.91. The molecule has 0 heterocycles. The average molecular weight is 272 g/mol. The van der Waals surface area contributed by atoms with Gasteiger partial charge in [-0.1, -0.05) is 42.6 Å². The Morgan fingerprint density at radius 1 is 1.29 bits per heavy atom. The number of hydrogen-bond donors (Lipinski definition) is 1. The molecule has 0 aromatic heterocycles. The van der Waals surface area contributed by atoms with Crippen molar-refractivity contribution in [3.05, 3.63) is 33.8 Å². The van der Waals surface area contributed by atoms with Crippen LogP contribution in [0.15, 0.2) is 18.2 Å². The van der Waals surface area contributed by atoms with Gasteiger partial charge >= 0.3 is 0 Å². The van der Waals surface area contributed by atoms with Crippen molar-refractivity contribution < 1.29 is 0 Å². The molecule has 0 spiro atoms. The van der Waals surface area contributed by atoms with Crippen molar-refractivity contribution in [2.75, 3.05) is 0 Å². The Labute approximate surface area is 114 Å². The van der Waals surface area contributed by atoms with Crippen molar-refractivity contribution in [1.29, 1.82) is 0 Å². The zero-order chi connectivity index (χ0) is 12.4. The van der Waals surface area contributed by atoms with Gasteiger partial charge in [0.15, 0.2) is 0 Å². The Hall–Kier alpha value is -0.240. The zero-order valence-corrected chi connectivity index (χ0v) is 11.9. The van der Waals surface area contributed by atoms with Gasteiger partial charge < -0.3 is 5.32 Å². The summed E-state index contributed by atoms with van der Waals surface area (Å²) in [6.45, 7) is 4.49. The van der Waals surface area contributed by atoms with E-state index in [0.29, 0.717) is 11.1 Å². The van der Waals surface area contributed by atoms with Crippen molar-refractivity contribution in [2.24, 2.45) is 5.92 Å². The van der Waals surface area contributed by atoms with Crippen LogP contribution in [-0.2, 0) is 0 Å². The van der Waals surface area contributed by atoms with E-state index in [1.807, 2.05) is 18.2 Å². The van der Waals surface area contributed by atoms with E-state index in [-0.39, 0.29) is 6.04 Å². The van der Waals surface area contributed by atoms with Gasteiger partial charge in [0.05, 0.1) is 0 Å². The molecule has 0 aliphatic heterocycles. The molecule has 0 bridgehead atoms. The standard InChI is InChI=1S/C14H19Cl2N/c1-9-4-3-5-14(9)17-10(2)12-7-6-11(15)8-13(12)16/h6-10,14,17H,3-5H2,1-2H3. The highest BCUT2D eigenvalue weighted by atomic mass is 35.5. The third-order valence-electron chi connectivity index (χ3n) is 3.75. The lowest BCUT2D eigenvalue weighted by atomic mass is 10.0. The van der Waals surface area contributed by atoms with Crippen molar-refractivity contribution >= 4 is 23.2 Å². The maximum atomic E-state index is 6.22. The maximum Gasteiger partial charge on any atom is 0.0468 e. The molecule has 1 aliphatic rings. The molecule has 1 aromatic rings. The largest absolute Gasteiger partial charge is 0.307 e. The molecule has 17 heavy (non-hydrogen) atoms. The second kappa shape index (κ2) is 5.60. The fourth-order valence-electron chi connectivity index (χ4n) is 2.66. The summed E-state index contributed by atoms with van der Waals surface area (Å²) >= 11 is 12.1. The smallest absolute Gasteiger partial charge is 0.0468 e. The Bertz CT molecular complexity index is 392. The van der Waals surface area contributed by atoms with E-state index in [1.54, 1.807) is 0 Å². The van der Waals surface area contributed by atoms with Crippen LogP contribution in [-0.4, -0.2) is 6.04 Å². The van der Waals surface area contributed by atoms with Gasteiger partial charge in [0.1, 0.15) is 0 Å². The van der Waals surface area contributed by atoms with E-state index in [0.717, 1.165) is 16.5 Å². The highest BCUT2D eigenvalue weighted by Crippen LogP contribution is 2.30. The summed E-state index contributed by atoms with van der Waals surface area (Å²) in [6.07, 6.45) is 3.94. The second-order valence-electron chi connectivity index (χ2n) is 5.07. The summed E-state index contributed by atoms with van der Waals surface area (Å²) < 4.78 is 0. The van der Waals surface area contributed by atoms with Gasteiger partial charge in [-0.2, -0.15) is 0 Å². The first kappa shape index (κ1) is 13.2. The molecular weight excluding hydrogens is 253 g/mol. The minimum atomic E-state index is 0.283. The molecule has 0 radical (unpaired) electrons. The lowest BCUT2D eigenvalue weighted by Gasteiger charge is -2.23. The molecule has 1 saturated carbocycles. The molecule has 1 fully saturated rings. The van der Waals surface area contributed by atoms with Gasteiger partial charge in [0.25, 0.3) is 0 Å². The topological polar surface area (TPSA) is 12.0 Å². The van der Waals surface area contributed by atoms with Crippen molar-refractivity contribution in [2.45, 2.75) is 45.2 Å². The molecule has 0 amide bonds. The zero-order valence-electron chi connectivity index (χ0n) is 10.3. The molecule has 1 aromatic carbocycles.